The number of ether oxygens (including phenoxy) is 1. The fraction of sp³-hybridized carbons (Fsp3) is 0.174. The van der Waals surface area contributed by atoms with Gasteiger partial charge in [-0.3, -0.25) is 14.6 Å². The van der Waals surface area contributed by atoms with E-state index < -0.39 is 0 Å². The monoisotopic (exact) mass is 389 g/mol. The number of nitrogens with one attached hydrogen (secondary N) is 2. The molecule has 0 radical (unpaired) electrons. The van der Waals surface area contributed by atoms with Crippen molar-refractivity contribution >= 4 is 11.8 Å². The molecule has 0 unspecified atom stereocenters. The predicted molar refractivity (Wildman–Crippen MR) is 111 cm³/mol. The molecule has 0 aliphatic carbocycles. The molecule has 148 valence electrons. The van der Waals surface area contributed by atoms with Crippen molar-refractivity contribution in [1.29, 1.82) is 0 Å². The van der Waals surface area contributed by atoms with E-state index in [0.29, 0.717) is 25.1 Å². The fourth-order valence-electron chi connectivity index (χ4n) is 2.78. The van der Waals surface area contributed by atoms with Crippen molar-refractivity contribution in [3.05, 3.63) is 95.3 Å². The summed E-state index contributed by atoms with van der Waals surface area (Å²) in [6, 6.07) is 20.4. The second-order valence-electron chi connectivity index (χ2n) is 6.45. The molecule has 3 aromatic rings. The lowest BCUT2D eigenvalue weighted by atomic mass is 10.1. The van der Waals surface area contributed by atoms with E-state index in [1.165, 1.54) is 12.3 Å². The van der Waals surface area contributed by atoms with Crippen LogP contribution in [0.25, 0.3) is 0 Å². The standard InChI is InChI=1S/C23H23N3O3/c1-29-20-9-7-17(8-10-20)11-13-25-22(27)19-12-14-24-21(15-19)23(28)26-16-18-5-3-2-4-6-18/h2-10,12,14-15H,11,13,16H2,1H3,(H,25,27)(H,26,28). The summed E-state index contributed by atoms with van der Waals surface area (Å²) in [4.78, 5) is 28.8. The molecule has 0 atom stereocenters. The Kier molecular flexibility index (Phi) is 6.95. The molecular formula is C23H23N3O3. The maximum Gasteiger partial charge on any atom is 0.270 e. The van der Waals surface area contributed by atoms with Gasteiger partial charge in [0.2, 0.25) is 0 Å². The van der Waals surface area contributed by atoms with E-state index in [4.69, 9.17) is 4.74 Å². The number of aromatic nitrogens is 1. The Labute approximate surface area is 169 Å². The smallest absolute Gasteiger partial charge is 0.270 e. The number of rotatable bonds is 8. The largest absolute Gasteiger partial charge is 0.497 e. The molecule has 6 heteroatoms. The molecule has 0 bridgehead atoms. The summed E-state index contributed by atoms with van der Waals surface area (Å²) in [7, 11) is 1.63. The second kappa shape index (κ2) is 10.0. The van der Waals surface area contributed by atoms with Gasteiger partial charge < -0.3 is 15.4 Å². The van der Waals surface area contributed by atoms with Gasteiger partial charge in [0, 0.05) is 24.8 Å². The van der Waals surface area contributed by atoms with Crippen molar-refractivity contribution in [3.63, 3.8) is 0 Å². The van der Waals surface area contributed by atoms with E-state index in [1.807, 2.05) is 54.6 Å². The van der Waals surface area contributed by atoms with Crippen molar-refractivity contribution in [2.24, 2.45) is 0 Å². The minimum absolute atomic E-state index is 0.212. The van der Waals surface area contributed by atoms with E-state index >= 15 is 0 Å². The molecule has 2 N–H and O–H groups in total. The van der Waals surface area contributed by atoms with Crippen molar-refractivity contribution in [2.75, 3.05) is 13.7 Å². The predicted octanol–water partition coefficient (Wildman–Crippen LogP) is 2.99. The van der Waals surface area contributed by atoms with E-state index in [1.54, 1.807) is 13.2 Å². The van der Waals surface area contributed by atoms with Gasteiger partial charge in [-0.2, -0.15) is 0 Å². The van der Waals surface area contributed by atoms with Crippen molar-refractivity contribution in [1.82, 2.24) is 15.6 Å². The second-order valence-corrected chi connectivity index (χ2v) is 6.45. The number of carbonyl (C=O) groups is 2. The highest BCUT2D eigenvalue weighted by molar-refractivity contribution is 5.98. The Morgan fingerprint density at radius 1 is 0.897 bits per heavy atom. The Morgan fingerprint density at radius 2 is 1.66 bits per heavy atom. The van der Waals surface area contributed by atoms with E-state index in [9.17, 15) is 9.59 Å². The van der Waals surface area contributed by atoms with Gasteiger partial charge >= 0.3 is 0 Å². The van der Waals surface area contributed by atoms with Gasteiger partial charge in [-0.25, -0.2) is 0 Å². The number of nitrogens with zero attached hydrogens (tertiary/aromatic N) is 1. The third-order valence-electron chi connectivity index (χ3n) is 4.41. The van der Waals surface area contributed by atoms with Gasteiger partial charge in [-0.15, -0.1) is 0 Å². The average molecular weight is 389 g/mol. The average Bonchev–Trinajstić information content (AvgIpc) is 2.78. The van der Waals surface area contributed by atoms with Gasteiger partial charge in [-0.05, 0) is 41.8 Å². The lowest BCUT2D eigenvalue weighted by molar-refractivity contribution is 0.0946. The van der Waals surface area contributed by atoms with Gasteiger partial charge in [0.25, 0.3) is 11.8 Å². The van der Waals surface area contributed by atoms with Crippen LogP contribution in [0.15, 0.2) is 72.9 Å². The van der Waals surface area contributed by atoms with Crippen LogP contribution in [0.4, 0.5) is 0 Å². The lowest BCUT2D eigenvalue weighted by Gasteiger charge is -2.08. The number of benzene rings is 2. The fourth-order valence-corrected chi connectivity index (χ4v) is 2.78. The Bertz CT molecular complexity index is 957. The van der Waals surface area contributed by atoms with Crippen LogP contribution in [0.5, 0.6) is 5.75 Å². The van der Waals surface area contributed by atoms with E-state index in [2.05, 4.69) is 15.6 Å². The first kappa shape index (κ1) is 20.1. The quantitative estimate of drug-likeness (QED) is 0.621. The molecule has 3 rings (SSSR count). The SMILES string of the molecule is COc1ccc(CCNC(=O)c2ccnc(C(=O)NCc3ccccc3)c2)cc1. The maximum atomic E-state index is 12.4. The normalized spacial score (nSPS) is 10.2. The van der Waals surface area contributed by atoms with Crippen LogP contribution in [0.3, 0.4) is 0 Å². The third kappa shape index (κ3) is 5.90. The Morgan fingerprint density at radius 3 is 2.38 bits per heavy atom. The molecule has 1 heterocycles. The molecule has 2 aromatic carbocycles. The van der Waals surface area contributed by atoms with Crippen molar-refractivity contribution in [3.8, 4) is 5.75 Å². The number of carbonyl (C=O) groups excluding carboxylic acids is 2. The topological polar surface area (TPSA) is 80.3 Å². The van der Waals surface area contributed by atoms with Crippen LogP contribution < -0.4 is 15.4 Å². The summed E-state index contributed by atoms with van der Waals surface area (Å²) in [6.45, 7) is 0.892. The van der Waals surface area contributed by atoms with Gasteiger partial charge in [0.15, 0.2) is 0 Å². The Balaban J connectivity index is 1.52. The Hall–Kier alpha value is -3.67. The molecule has 0 saturated heterocycles. The number of methoxy groups -OCH3 is 1. The minimum atomic E-state index is -0.318. The van der Waals surface area contributed by atoms with Crippen LogP contribution in [-0.2, 0) is 13.0 Å². The third-order valence-corrected chi connectivity index (χ3v) is 4.41. The van der Waals surface area contributed by atoms with E-state index in [-0.39, 0.29) is 17.5 Å². The molecular weight excluding hydrogens is 366 g/mol. The van der Waals surface area contributed by atoms with Gasteiger partial charge in [-0.1, -0.05) is 42.5 Å². The zero-order valence-electron chi connectivity index (χ0n) is 16.2. The molecule has 6 nitrogen and oxygen atoms in total. The maximum absolute atomic E-state index is 12.4. The first-order valence-electron chi connectivity index (χ1n) is 9.35. The number of pyridine rings is 1. The van der Waals surface area contributed by atoms with Crippen LogP contribution in [-0.4, -0.2) is 30.5 Å². The molecule has 2 amide bonds. The summed E-state index contributed by atoms with van der Waals surface area (Å²) < 4.78 is 5.13. The van der Waals surface area contributed by atoms with Crippen LogP contribution >= 0.6 is 0 Å². The highest BCUT2D eigenvalue weighted by Gasteiger charge is 2.11. The zero-order valence-corrected chi connectivity index (χ0v) is 16.2. The summed E-state index contributed by atoms with van der Waals surface area (Å²) in [5, 5.41) is 5.68. The molecule has 0 aliphatic rings. The summed E-state index contributed by atoms with van der Waals surface area (Å²) in [5.74, 6) is 0.243. The molecule has 0 fully saturated rings. The molecule has 0 aliphatic heterocycles. The molecule has 0 spiro atoms. The van der Waals surface area contributed by atoms with Crippen molar-refractivity contribution < 1.29 is 14.3 Å². The first-order chi connectivity index (χ1) is 14.2. The summed E-state index contributed by atoms with van der Waals surface area (Å²) in [5.41, 5.74) is 2.71. The molecule has 0 saturated carbocycles. The van der Waals surface area contributed by atoms with Crippen molar-refractivity contribution in [2.45, 2.75) is 13.0 Å². The number of hydrogen-bond acceptors (Lipinski definition) is 4. The van der Waals surface area contributed by atoms with E-state index in [0.717, 1.165) is 16.9 Å². The van der Waals surface area contributed by atoms with Gasteiger partial charge in [0.05, 0.1) is 7.11 Å². The molecule has 29 heavy (non-hydrogen) atoms. The first-order valence-corrected chi connectivity index (χ1v) is 9.35. The van der Waals surface area contributed by atoms with Crippen LogP contribution in [0, 0.1) is 0 Å². The van der Waals surface area contributed by atoms with Crippen LogP contribution in [0.2, 0.25) is 0 Å². The van der Waals surface area contributed by atoms with Crippen LogP contribution in [0.1, 0.15) is 32.0 Å². The lowest BCUT2D eigenvalue weighted by Crippen LogP contribution is -2.27. The minimum Gasteiger partial charge on any atom is -0.497 e. The molecule has 1 aromatic heterocycles. The summed E-state index contributed by atoms with van der Waals surface area (Å²) >= 11 is 0. The highest BCUT2D eigenvalue weighted by Crippen LogP contribution is 2.11. The number of hydrogen-bond donors (Lipinski definition) is 2. The number of amides is 2. The summed E-state index contributed by atoms with van der Waals surface area (Å²) in [6.07, 6.45) is 2.17. The van der Waals surface area contributed by atoms with Gasteiger partial charge in [0.1, 0.15) is 11.4 Å². The highest BCUT2D eigenvalue weighted by atomic mass is 16.5. The zero-order chi connectivity index (χ0) is 20.5.